The first-order chi connectivity index (χ1) is 11.7. The van der Waals surface area contributed by atoms with E-state index in [1.54, 1.807) is 11.3 Å². The molecular formula is C19H24N2O2S. The minimum atomic E-state index is -0.194. The molecule has 128 valence electrons. The van der Waals surface area contributed by atoms with Gasteiger partial charge in [0.25, 0.3) is 0 Å². The molecule has 1 aromatic heterocycles. The number of anilines is 2. The molecule has 2 N–H and O–H groups in total. The molecule has 0 radical (unpaired) electrons. The van der Waals surface area contributed by atoms with E-state index >= 15 is 0 Å². The number of carbonyl (C=O) groups excluding carboxylic acids is 1. The Morgan fingerprint density at radius 2 is 2.00 bits per heavy atom. The van der Waals surface area contributed by atoms with E-state index < -0.39 is 0 Å². The number of para-hydroxylation sites is 2. The summed E-state index contributed by atoms with van der Waals surface area (Å²) in [5.41, 5.74) is 1.92. The highest BCUT2D eigenvalue weighted by Crippen LogP contribution is 2.28. The van der Waals surface area contributed by atoms with Crippen LogP contribution in [0.2, 0.25) is 0 Å². The molecule has 2 aromatic rings. The van der Waals surface area contributed by atoms with Crippen molar-refractivity contribution in [3.8, 4) is 0 Å². The van der Waals surface area contributed by atoms with E-state index in [1.807, 2.05) is 30.3 Å². The SMILES string of the molecule is O=C(CCCc1cccs1)Nc1ccccc1N1CCC(O)CC1. The summed E-state index contributed by atoms with van der Waals surface area (Å²) in [5, 5.41) is 14.8. The summed E-state index contributed by atoms with van der Waals surface area (Å²) in [5.74, 6) is 0.0658. The first-order valence-electron chi connectivity index (χ1n) is 8.56. The number of aliphatic hydroxyl groups excluding tert-OH is 1. The highest BCUT2D eigenvalue weighted by Gasteiger charge is 2.19. The predicted octanol–water partition coefficient (Wildman–Crippen LogP) is 3.67. The van der Waals surface area contributed by atoms with Crippen LogP contribution in [0.15, 0.2) is 41.8 Å². The molecule has 0 saturated carbocycles. The Morgan fingerprint density at radius 1 is 1.21 bits per heavy atom. The molecule has 1 aliphatic heterocycles. The van der Waals surface area contributed by atoms with Crippen LogP contribution in [-0.4, -0.2) is 30.2 Å². The Bertz CT molecular complexity index is 649. The highest BCUT2D eigenvalue weighted by atomic mass is 32.1. The standard InChI is InChI=1S/C19H24N2O2S/c22-15-10-12-21(13-11-15)18-8-2-1-7-17(18)20-19(23)9-3-5-16-6-4-14-24-16/h1-2,4,6-8,14-15,22H,3,5,9-13H2,(H,20,23). The first-order valence-corrected chi connectivity index (χ1v) is 9.44. The van der Waals surface area contributed by atoms with E-state index in [0.717, 1.165) is 50.1 Å². The zero-order valence-electron chi connectivity index (χ0n) is 13.8. The second-order valence-corrected chi connectivity index (χ2v) is 7.25. The lowest BCUT2D eigenvalue weighted by Crippen LogP contribution is -2.36. The number of hydrogen-bond acceptors (Lipinski definition) is 4. The lowest BCUT2D eigenvalue weighted by molar-refractivity contribution is -0.116. The molecule has 24 heavy (non-hydrogen) atoms. The third-order valence-electron chi connectivity index (χ3n) is 4.39. The van der Waals surface area contributed by atoms with Crippen molar-refractivity contribution in [1.82, 2.24) is 0 Å². The molecule has 0 aliphatic carbocycles. The number of piperidine rings is 1. The van der Waals surface area contributed by atoms with E-state index in [9.17, 15) is 9.90 Å². The summed E-state index contributed by atoms with van der Waals surface area (Å²) < 4.78 is 0. The monoisotopic (exact) mass is 344 g/mol. The number of carbonyl (C=O) groups is 1. The smallest absolute Gasteiger partial charge is 0.224 e. The minimum Gasteiger partial charge on any atom is -0.393 e. The van der Waals surface area contributed by atoms with Crippen LogP contribution in [0.1, 0.15) is 30.6 Å². The molecule has 1 saturated heterocycles. The van der Waals surface area contributed by atoms with Crippen molar-refractivity contribution in [3.63, 3.8) is 0 Å². The Morgan fingerprint density at radius 3 is 2.75 bits per heavy atom. The number of thiophene rings is 1. The van der Waals surface area contributed by atoms with Crippen LogP contribution in [-0.2, 0) is 11.2 Å². The molecular weight excluding hydrogens is 320 g/mol. The van der Waals surface area contributed by atoms with Crippen LogP contribution < -0.4 is 10.2 Å². The van der Waals surface area contributed by atoms with Gasteiger partial charge in [-0.25, -0.2) is 0 Å². The Balaban J connectivity index is 1.55. The van der Waals surface area contributed by atoms with Crippen molar-refractivity contribution in [2.24, 2.45) is 0 Å². The third kappa shape index (κ3) is 4.58. The van der Waals surface area contributed by atoms with E-state index in [-0.39, 0.29) is 12.0 Å². The van der Waals surface area contributed by atoms with Crippen molar-refractivity contribution in [2.45, 2.75) is 38.2 Å². The molecule has 0 spiro atoms. The topological polar surface area (TPSA) is 52.6 Å². The van der Waals surface area contributed by atoms with Gasteiger partial charge in [-0.3, -0.25) is 4.79 Å². The van der Waals surface area contributed by atoms with Crippen molar-refractivity contribution in [2.75, 3.05) is 23.3 Å². The largest absolute Gasteiger partial charge is 0.393 e. The van der Waals surface area contributed by atoms with Crippen LogP contribution >= 0.6 is 11.3 Å². The van der Waals surface area contributed by atoms with Crippen molar-refractivity contribution in [3.05, 3.63) is 46.7 Å². The van der Waals surface area contributed by atoms with Crippen LogP contribution in [0.25, 0.3) is 0 Å². The van der Waals surface area contributed by atoms with Crippen LogP contribution in [0.3, 0.4) is 0 Å². The molecule has 3 rings (SSSR count). The summed E-state index contributed by atoms with van der Waals surface area (Å²) in [7, 11) is 0. The molecule has 5 heteroatoms. The fourth-order valence-corrected chi connectivity index (χ4v) is 3.80. The molecule has 1 fully saturated rings. The lowest BCUT2D eigenvalue weighted by Gasteiger charge is -2.32. The van der Waals surface area contributed by atoms with Gasteiger partial charge in [0.1, 0.15) is 0 Å². The average Bonchev–Trinajstić information content (AvgIpc) is 3.10. The second kappa shape index (κ2) is 8.31. The zero-order valence-corrected chi connectivity index (χ0v) is 14.6. The van der Waals surface area contributed by atoms with Gasteiger partial charge in [-0.1, -0.05) is 18.2 Å². The summed E-state index contributed by atoms with van der Waals surface area (Å²) in [6, 6.07) is 12.1. The van der Waals surface area contributed by atoms with Gasteiger partial charge in [-0.15, -0.1) is 11.3 Å². The number of aryl methyl sites for hydroxylation is 1. The van der Waals surface area contributed by atoms with Gasteiger partial charge < -0.3 is 15.3 Å². The van der Waals surface area contributed by atoms with Gasteiger partial charge in [0.15, 0.2) is 0 Å². The molecule has 1 aliphatic rings. The van der Waals surface area contributed by atoms with Crippen molar-refractivity contribution < 1.29 is 9.90 Å². The molecule has 1 amide bonds. The van der Waals surface area contributed by atoms with Gasteiger partial charge >= 0.3 is 0 Å². The number of amides is 1. The Kier molecular flexibility index (Phi) is 5.88. The molecule has 4 nitrogen and oxygen atoms in total. The summed E-state index contributed by atoms with van der Waals surface area (Å²) in [4.78, 5) is 15.8. The summed E-state index contributed by atoms with van der Waals surface area (Å²) >= 11 is 1.74. The van der Waals surface area contributed by atoms with E-state index in [4.69, 9.17) is 0 Å². The molecule has 0 bridgehead atoms. The van der Waals surface area contributed by atoms with Gasteiger partial charge in [0.2, 0.25) is 5.91 Å². The first kappa shape index (κ1) is 17.0. The van der Waals surface area contributed by atoms with Crippen molar-refractivity contribution in [1.29, 1.82) is 0 Å². The normalized spacial score (nSPS) is 15.5. The maximum absolute atomic E-state index is 12.3. The number of nitrogens with zero attached hydrogens (tertiary/aromatic N) is 1. The van der Waals surface area contributed by atoms with E-state index in [0.29, 0.717) is 6.42 Å². The molecule has 0 unspecified atom stereocenters. The number of aliphatic hydroxyl groups is 1. The zero-order chi connectivity index (χ0) is 16.8. The van der Waals surface area contributed by atoms with Gasteiger partial charge in [0.05, 0.1) is 17.5 Å². The average molecular weight is 344 g/mol. The fraction of sp³-hybridized carbons (Fsp3) is 0.421. The predicted molar refractivity (Wildman–Crippen MR) is 99.8 cm³/mol. The van der Waals surface area contributed by atoms with Crippen LogP contribution in [0.4, 0.5) is 11.4 Å². The second-order valence-electron chi connectivity index (χ2n) is 6.22. The van der Waals surface area contributed by atoms with Crippen LogP contribution in [0, 0.1) is 0 Å². The number of nitrogens with one attached hydrogen (secondary N) is 1. The van der Waals surface area contributed by atoms with Crippen LogP contribution in [0.5, 0.6) is 0 Å². The number of hydrogen-bond donors (Lipinski definition) is 2. The summed E-state index contributed by atoms with van der Waals surface area (Å²) in [6.45, 7) is 1.65. The van der Waals surface area contributed by atoms with Gasteiger partial charge in [-0.2, -0.15) is 0 Å². The molecule has 1 aromatic carbocycles. The Labute approximate surface area is 147 Å². The molecule has 0 atom stereocenters. The van der Waals surface area contributed by atoms with Crippen molar-refractivity contribution >= 4 is 28.6 Å². The number of rotatable bonds is 6. The van der Waals surface area contributed by atoms with E-state index in [1.165, 1.54) is 4.88 Å². The third-order valence-corrected chi connectivity index (χ3v) is 5.33. The van der Waals surface area contributed by atoms with Gasteiger partial charge in [0, 0.05) is 24.4 Å². The van der Waals surface area contributed by atoms with Gasteiger partial charge in [-0.05, 0) is 49.3 Å². The van der Waals surface area contributed by atoms with E-state index in [2.05, 4.69) is 21.7 Å². The maximum Gasteiger partial charge on any atom is 0.224 e. The molecule has 2 heterocycles. The number of benzene rings is 1. The quantitative estimate of drug-likeness (QED) is 0.841. The maximum atomic E-state index is 12.3. The Hall–Kier alpha value is -1.85. The minimum absolute atomic E-state index is 0.0658. The fourth-order valence-electron chi connectivity index (χ4n) is 3.05. The lowest BCUT2D eigenvalue weighted by atomic mass is 10.1. The highest BCUT2D eigenvalue weighted by molar-refractivity contribution is 7.09. The summed E-state index contributed by atoms with van der Waals surface area (Å²) in [6.07, 6.45) is 3.72.